The summed E-state index contributed by atoms with van der Waals surface area (Å²) >= 11 is 0. The van der Waals surface area contributed by atoms with E-state index < -0.39 is 18.0 Å². The summed E-state index contributed by atoms with van der Waals surface area (Å²) in [5.41, 5.74) is 5.90. The lowest BCUT2D eigenvalue weighted by atomic mass is 10.1. The molecule has 5 nitrogen and oxygen atoms in total. The Hall–Kier alpha value is -2.04. The Kier molecular flexibility index (Phi) is 4.32. The van der Waals surface area contributed by atoms with Gasteiger partial charge in [0.05, 0.1) is 7.11 Å². The van der Waals surface area contributed by atoms with Gasteiger partial charge >= 0.3 is 12.0 Å². The van der Waals surface area contributed by atoms with Crippen molar-refractivity contribution < 1.29 is 14.3 Å². The van der Waals surface area contributed by atoms with Gasteiger partial charge in [0.1, 0.15) is 6.04 Å². The zero-order valence-corrected chi connectivity index (χ0v) is 8.97. The van der Waals surface area contributed by atoms with Gasteiger partial charge in [-0.05, 0) is 5.56 Å². The third-order valence-corrected chi connectivity index (χ3v) is 2.08. The normalized spacial score (nSPS) is 11.6. The van der Waals surface area contributed by atoms with Gasteiger partial charge in [-0.1, -0.05) is 30.3 Å². The third-order valence-electron chi connectivity index (χ3n) is 2.08. The molecule has 1 rings (SSSR count). The SMILES string of the molecule is COC(=O)[C@H](Cc1ccccc1)NC(N)=O. The van der Waals surface area contributed by atoms with Gasteiger partial charge in [0.2, 0.25) is 0 Å². The minimum absolute atomic E-state index is 0.358. The number of primary amides is 1. The smallest absolute Gasteiger partial charge is 0.328 e. The molecule has 0 aliphatic rings. The fraction of sp³-hybridized carbons (Fsp3) is 0.273. The number of hydrogen-bond donors (Lipinski definition) is 2. The van der Waals surface area contributed by atoms with E-state index in [2.05, 4.69) is 10.1 Å². The number of hydrogen-bond acceptors (Lipinski definition) is 3. The number of methoxy groups -OCH3 is 1. The molecule has 0 radical (unpaired) electrons. The van der Waals surface area contributed by atoms with Crippen LogP contribution in [0.3, 0.4) is 0 Å². The van der Waals surface area contributed by atoms with E-state index in [0.29, 0.717) is 6.42 Å². The molecule has 0 fully saturated rings. The molecule has 1 aromatic rings. The molecule has 3 N–H and O–H groups in total. The molecule has 0 heterocycles. The van der Waals surface area contributed by atoms with Crippen molar-refractivity contribution in [3.8, 4) is 0 Å². The van der Waals surface area contributed by atoms with Crippen molar-refractivity contribution in [1.29, 1.82) is 0 Å². The second kappa shape index (κ2) is 5.75. The summed E-state index contributed by atoms with van der Waals surface area (Å²) in [6, 6.07) is 7.81. The lowest BCUT2D eigenvalue weighted by Gasteiger charge is -2.14. The van der Waals surface area contributed by atoms with Crippen LogP contribution in [0.15, 0.2) is 30.3 Å². The van der Waals surface area contributed by atoms with Crippen LogP contribution in [-0.2, 0) is 16.0 Å². The van der Waals surface area contributed by atoms with Gasteiger partial charge in [0.15, 0.2) is 0 Å². The van der Waals surface area contributed by atoms with E-state index in [4.69, 9.17) is 5.73 Å². The Morgan fingerprint density at radius 2 is 2.00 bits per heavy atom. The number of ether oxygens (including phenoxy) is 1. The van der Waals surface area contributed by atoms with Crippen molar-refractivity contribution in [1.82, 2.24) is 5.32 Å². The van der Waals surface area contributed by atoms with E-state index in [1.54, 1.807) is 0 Å². The minimum Gasteiger partial charge on any atom is -0.467 e. The Morgan fingerprint density at radius 3 is 2.50 bits per heavy atom. The molecule has 0 aliphatic carbocycles. The quantitative estimate of drug-likeness (QED) is 0.725. The number of benzene rings is 1. The lowest BCUT2D eigenvalue weighted by molar-refractivity contribution is -0.142. The highest BCUT2D eigenvalue weighted by Gasteiger charge is 2.20. The van der Waals surface area contributed by atoms with E-state index in [-0.39, 0.29) is 0 Å². The van der Waals surface area contributed by atoms with Crippen molar-refractivity contribution in [2.24, 2.45) is 5.73 Å². The van der Waals surface area contributed by atoms with Crippen LogP contribution in [0.5, 0.6) is 0 Å². The number of carbonyl (C=O) groups excluding carboxylic acids is 2. The Balaban J connectivity index is 2.70. The lowest BCUT2D eigenvalue weighted by Crippen LogP contribution is -2.45. The molecule has 1 aromatic carbocycles. The van der Waals surface area contributed by atoms with Crippen LogP contribution in [0.2, 0.25) is 0 Å². The maximum Gasteiger partial charge on any atom is 0.328 e. The molecule has 0 bridgehead atoms. The first-order chi connectivity index (χ1) is 7.63. The van der Waals surface area contributed by atoms with Crippen LogP contribution < -0.4 is 11.1 Å². The summed E-state index contributed by atoms with van der Waals surface area (Å²) in [5.74, 6) is -0.511. The standard InChI is InChI=1S/C11H14N2O3/c1-16-10(14)9(13-11(12)15)7-8-5-3-2-4-6-8/h2-6,9H,7H2,1H3,(H3,12,13,15)/t9-/m0/s1. The molecule has 0 saturated heterocycles. The predicted molar refractivity (Wildman–Crippen MR) is 58.7 cm³/mol. The van der Waals surface area contributed by atoms with Gasteiger partial charge in [0.25, 0.3) is 0 Å². The van der Waals surface area contributed by atoms with Crippen molar-refractivity contribution in [2.75, 3.05) is 7.11 Å². The van der Waals surface area contributed by atoms with Gasteiger partial charge in [0, 0.05) is 6.42 Å². The van der Waals surface area contributed by atoms with Crippen LogP contribution >= 0.6 is 0 Å². The average Bonchev–Trinajstić information content (AvgIpc) is 2.28. The minimum atomic E-state index is -0.745. The second-order valence-electron chi connectivity index (χ2n) is 3.27. The van der Waals surface area contributed by atoms with Crippen LogP contribution in [-0.4, -0.2) is 25.2 Å². The summed E-state index contributed by atoms with van der Waals surface area (Å²) in [6.45, 7) is 0. The topological polar surface area (TPSA) is 81.4 Å². The molecule has 16 heavy (non-hydrogen) atoms. The molecule has 1 atom stereocenters. The molecule has 86 valence electrons. The first kappa shape index (κ1) is 12.0. The Bertz CT molecular complexity index is 365. The molecule has 0 saturated carbocycles. The number of esters is 1. The molecule has 0 unspecified atom stereocenters. The first-order valence-corrected chi connectivity index (χ1v) is 4.81. The molecular formula is C11H14N2O3. The van der Waals surface area contributed by atoms with E-state index >= 15 is 0 Å². The Labute approximate surface area is 93.6 Å². The third kappa shape index (κ3) is 3.61. The van der Waals surface area contributed by atoms with Crippen LogP contribution in [0.25, 0.3) is 0 Å². The molecule has 2 amide bonds. The van der Waals surface area contributed by atoms with Gasteiger partial charge in [-0.25, -0.2) is 9.59 Å². The van der Waals surface area contributed by atoms with E-state index in [1.807, 2.05) is 30.3 Å². The van der Waals surface area contributed by atoms with E-state index in [0.717, 1.165) is 5.56 Å². The van der Waals surface area contributed by atoms with Crippen LogP contribution in [0, 0.1) is 0 Å². The van der Waals surface area contributed by atoms with Crippen molar-refractivity contribution in [2.45, 2.75) is 12.5 Å². The molecule has 5 heteroatoms. The predicted octanol–water partition coefficient (Wildman–Crippen LogP) is 0.439. The number of carbonyl (C=O) groups is 2. The number of nitrogens with two attached hydrogens (primary N) is 1. The maximum atomic E-state index is 11.4. The number of nitrogens with one attached hydrogen (secondary N) is 1. The van der Waals surface area contributed by atoms with Crippen molar-refractivity contribution in [3.63, 3.8) is 0 Å². The monoisotopic (exact) mass is 222 g/mol. The number of amides is 2. The van der Waals surface area contributed by atoms with Gasteiger partial charge < -0.3 is 15.8 Å². The van der Waals surface area contributed by atoms with Crippen LogP contribution in [0.4, 0.5) is 4.79 Å². The van der Waals surface area contributed by atoms with Crippen molar-refractivity contribution >= 4 is 12.0 Å². The Morgan fingerprint density at radius 1 is 1.38 bits per heavy atom. The second-order valence-corrected chi connectivity index (χ2v) is 3.27. The zero-order valence-electron chi connectivity index (χ0n) is 8.97. The summed E-state index contributed by atoms with van der Waals surface area (Å²) in [7, 11) is 1.27. The number of rotatable bonds is 4. The fourth-order valence-corrected chi connectivity index (χ4v) is 1.36. The highest BCUT2D eigenvalue weighted by molar-refractivity contribution is 5.82. The molecule has 0 spiro atoms. The van der Waals surface area contributed by atoms with Gasteiger partial charge in [-0.2, -0.15) is 0 Å². The molecule has 0 aromatic heterocycles. The fourth-order valence-electron chi connectivity index (χ4n) is 1.36. The summed E-state index contributed by atoms with van der Waals surface area (Å²) in [5, 5.41) is 2.34. The summed E-state index contributed by atoms with van der Waals surface area (Å²) in [4.78, 5) is 22.1. The van der Waals surface area contributed by atoms with E-state index in [9.17, 15) is 9.59 Å². The number of urea groups is 1. The highest BCUT2D eigenvalue weighted by Crippen LogP contribution is 2.04. The van der Waals surface area contributed by atoms with Gasteiger partial charge in [-0.15, -0.1) is 0 Å². The first-order valence-electron chi connectivity index (χ1n) is 4.81. The van der Waals surface area contributed by atoms with E-state index in [1.165, 1.54) is 7.11 Å². The molecular weight excluding hydrogens is 208 g/mol. The largest absolute Gasteiger partial charge is 0.467 e. The van der Waals surface area contributed by atoms with Gasteiger partial charge in [-0.3, -0.25) is 0 Å². The zero-order chi connectivity index (χ0) is 12.0. The molecule has 0 aliphatic heterocycles. The van der Waals surface area contributed by atoms with Crippen LogP contribution in [0.1, 0.15) is 5.56 Å². The highest BCUT2D eigenvalue weighted by atomic mass is 16.5. The maximum absolute atomic E-state index is 11.4. The summed E-state index contributed by atoms with van der Waals surface area (Å²) < 4.78 is 4.58. The van der Waals surface area contributed by atoms with Crippen molar-refractivity contribution in [3.05, 3.63) is 35.9 Å². The average molecular weight is 222 g/mol. The summed E-state index contributed by atoms with van der Waals surface area (Å²) in [6.07, 6.45) is 0.358.